The molecule has 22 heavy (non-hydrogen) atoms. The van der Waals surface area contributed by atoms with Crippen molar-refractivity contribution in [3.05, 3.63) is 53.2 Å². The number of hydrogen-bond donors (Lipinski definition) is 0. The summed E-state index contributed by atoms with van der Waals surface area (Å²) in [5.41, 5.74) is 4.14. The Bertz CT molecular complexity index is 652. The number of ether oxygens (including phenoxy) is 1. The van der Waals surface area contributed by atoms with Crippen molar-refractivity contribution in [3.8, 4) is 11.3 Å². The lowest BCUT2D eigenvalue weighted by Gasteiger charge is -2.16. The van der Waals surface area contributed by atoms with Crippen molar-refractivity contribution in [2.24, 2.45) is 0 Å². The van der Waals surface area contributed by atoms with Gasteiger partial charge in [-0.25, -0.2) is 4.79 Å². The van der Waals surface area contributed by atoms with Gasteiger partial charge in [-0.2, -0.15) is 0 Å². The molecule has 0 saturated carbocycles. The highest BCUT2D eigenvalue weighted by molar-refractivity contribution is 5.92. The molecule has 0 bridgehead atoms. The van der Waals surface area contributed by atoms with Gasteiger partial charge >= 0.3 is 5.97 Å². The maximum atomic E-state index is 12.2. The van der Waals surface area contributed by atoms with Crippen LogP contribution in [0.4, 0.5) is 0 Å². The van der Waals surface area contributed by atoms with E-state index in [4.69, 9.17) is 4.74 Å². The van der Waals surface area contributed by atoms with E-state index in [1.165, 1.54) is 0 Å². The highest BCUT2D eigenvalue weighted by Crippen LogP contribution is 2.24. The minimum absolute atomic E-state index is 0.302. The Kier molecular flexibility index (Phi) is 5.28. The number of pyridine rings is 1. The van der Waals surface area contributed by atoms with Gasteiger partial charge in [-0.05, 0) is 39.6 Å². The predicted molar refractivity (Wildman–Crippen MR) is 87.8 cm³/mol. The first-order valence-electron chi connectivity index (χ1n) is 7.40. The van der Waals surface area contributed by atoms with Crippen LogP contribution in [0.5, 0.6) is 0 Å². The minimum Gasteiger partial charge on any atom is -0.462 e. The Morgan fingerprint density at radius 1 is 1.23 bits per heavy atom. The van der Waals surface area contributed by atoms with Crippen LogP contribution in [-0.4, -0.2) is 36.6 Å². The average molecular weight is 298 g/mol. The van der Waals surface area contributed by atoms with Gasteiger partial charge in [0.15, 0.2) is 0 Å². The van der Waals surface area contributed by atoms with Crippen molar-refractivity contribution in [3.63, 3.8) is 0 Å². The van der Waals surface area contributed by atoms with E-state index in [9.17, 15) is 4.79 Å². The van der Waals surface area contributed by atoms with E-state index in [0.29, 0.717) is 24.4 Å². The van der Waals surface area contributed by atoms with E-state index in [-0.39, 0.29) is 5.97 Å². The van der Waals surface area contributed by atoms with E-state index < -0.39 is 0 Å². The largest absolute Gasteiger partial charge is 0.462 e. The molecule has 0 unspecified atom stereocenters. The minimum atomic E-state index is -0.302. The molecule has 4 heteroatoms. The third-order valence-electron chi connectivity index (χ3n) is 3.32. The quantitative estimate of drug-likeness (QED) is 0.794. The van der Waals surface area contributed by atoms with Gasteiger partial charge in [0.1, 0.15) is 0 Å². The average Bonchev–Trinajstić information content (AvgIpc) is 2.47. The van der Waals surface area contributed by atoms with Crippen LogP contribution in [0.15, 0.2) is 36.4 Å². The van der Waals surface area contributed by atoms with Gasteiger partial charge in [-0.3, -0.25) is 4.98 Å². The summed E-state index contributed by atoms with van der Waals surface area (Å²) in [4.78, 5) is 18.9. The predicted octanol–water partition coefficient (Wildman–Crippen LogP) is 3.30. The second kappa shape index (κ2) is 7.18. The molecular weight excluding hydrogens is 276 g/mol. The maximum Gasteiger partial charge on any atom is 0.340 e. The van der Waals surface area contributed by atoms with Crippen molar-refractivity contribution in [1.29, 1.82) is 0 Å². The number of hydrogen-bond acceptors (Lipinski definition) is 4. The third kappa shape index (κ3) is 3.71. The molecule has 0 N–H and O–H groups in total. The fraction of sp³-hybridized carbons (Fsp3) is 0.333. The monoisotopic (exact) mass is 298 g/mol. The maximum absolute atomic E-state index is 12.2. The third-order valence-corrected chi connectivity index (χ3v) is 3.32. The van der Waals surface area contributed by atoms with Crippen molar-refractivity contribution in [2.75, 3.05) is 20.7 Å². The van der Waals surface area contributed by atoms with Crippen LogP contribution in [-0.2, 0) is 11.3 Å². The number of nitrogens with zero attached hydrogens (tertiary/aromatic N) is 2. The molecule has 1 aromatic carbocycles. The molecule has 2 aromatic rings. The van der Waals surface area contributed by atoms with Crippen LogP contribution in [0, 0.1) is 6.92 Å². The summed E-state index contributed by atoms with van der Waals surface area (Å²) >= 11 is 0. The Morgan fingerprint density at radius 3 is 2.50 bits per heavy atom. The van der Waals surface area contributed by atoms with E-state index >= 15 is 0 Å². The van der Waals surface area contributed by atoms with Gasteiger partial charge in [0.25, 0.3) is 0 Å². The Balaban J connectivity index is 2.53. The number of aromatic nitrogens is 1. The van der Waals surface area contributed by atoms with Crippen LogP contribution in [0.1, 0.15) is 28.5 Å². The van der Waals surface area contributed by atoms with Gasteiger partial charge in [0.05, 0.1) is 23.6 Å². The zero-order valence-corrected chi connectivity index (χ0v) is 13.6. The van der Waals surface area contributed by atoms with Crippen LogP contribution in [0.25, 0.3) is 11.3 Å². The first-order chi connectivity index (χ1) is 10.5. The zero-order chi connectivity index (χ0) is 16.1. The molecule has 0 aliphatic rings. The molecule has 0 spiro atoms. The highest BCUT2D eigenvalue weighted by Gasteiger charge is 2.19. The number of rotatable bonds is 5. The van der Waals surface area contributed by atoms with Crippen molar-refractivity contribution in [1.82, 2.24) is 9.88 Å². The summed E-state index contributed by atoms with van der Waals surface area (Å²) in [6.07, 6.45) is 0. The van der Waals surface area contributed by atoms with Crippen LogP contribution >= 0.6 is 0 Å². The van der Waals surface area contributed by atoms with E-state index in [2.05, 4.69) is 4.98 Å². The van der Waals surface area contributed by atoms with Crippen LogP contribution in [0.2, 0.25) is 0 Å². The summed E-state index contributed by atoms with van der Waals surface area (Å²) in [5.74, 6) is -0.302. The molecule has 0 aliphatic heterocycles. The second-order valence-corrected chi connectivity index (χ2v) is 5.45. The number of benzene rings is 1. The Morgan fingerprint density at radius 2 is 1.91 bits per heavy atom. The smallest absolute Gasteiger partial charge is 0.340 e. The first kappa shape index (κ1) is 16.2. The molecule has 4 nitrogen and oxygen atoms in total. The molecule has 1 heterocycles. The Labute approximate surface area is 131 Å². The Hall–Kier alpha value is -2.20. The summed E-state index contributed by atoms with van der Waals surface area (Å²) in [7, 11) is 3.96. The van der Waals surface area contributed by atoms with Crippen molar-refractivity contribution in [2.45, 2.75) is 20.4 Å². The summed E-state index contributed by atoms with van der Waals surface area (Å²) in [5, 5.41) is 0. The molecule has 0 radical (unpaired) electrons. The zero-order valence-electron chi connectivity index (χ0n) is 13.6. The number of aryl methyl sites for hydroxylation is 1. The summed E-state index contributed by atoms with van der Waals surface area (Å²) in [6, 6.07) is 12.0. The lowest BCUT2D eigenvalue weighted by atomic mass is 10.0. The second-order valence-electron chi connectivity index (χ2n) is 5.45. The first-order valence-corrected chi connectivity index (χ1v) is 7.40. The standard InChI is InChI=1S/C18H22N2O2/c1-5-22-18(21)17-13(2)19-16(11-15(17)12-20(3)4)14-9-7-6-8-10-14/h6-11H,5,12H2,1-4H3. The molecule has 116 valence electrons. The fourth-order valence-electron chi connectivity index (χ4n) is 2.44. The number of esters is 1. The normalized spacial score (nSPS) is 10.8. The van der Waals surface area contributed by atoms with E-state index in [1.807, 2.05) is 69.2 Å². The summed E-state index contributed by atoms with van der Waals surface area (Å²) in [6.45, 7) is 4.69. The molecule has 0 aliphatic carbocycles. The van der Waals surface area contributed by atoms with Gasteiger partial charge in [0, 0.05) is 12.1 Å². The topological polar surface area (TPSA) is 42.4 Å². The number of carbonyl (C=O) groups is 1. The van der Waals surface area contributed by atoms with Gasteiger partial charge < -0.3 is 9.64 Å². The van der Waals surface area contributed by atoms with Gasteiger partial charge in [-0.15, -0.1) is 0 Å². The molecular formula is C18H22N2O2. The number of carbonyl (C=O) groups excluding carboxylic acids is 1. The van der Waals surface area contributed by atoms with Crippen molar-refractivity contribution < 1.29 is 9.53 Å². The van der Waals surface area contributed by atoms with Gasteiger partial charge in [0.2, 0.25) is 0 Å². The lowest BCUT2D eigenvalue weighted by Crippen LogP contribution is -2.18. The van der Waals surface area contributed by atoms with E-state index in [1.54, 1.807) is 0 Å². The molecule has 0 atom stereocenters. The molecule has 0 saturated heterocycles. The van der Waals surface area contributed by atoms with Gasteiger partial charge in [-0.1, -0.05) is 30.3 Å². The molecule has 1 aromatic heterocycles. The highest BCUT2D eigenvalue weighted by atomic mass is 16.5. The summed E-state index contributed by atoms with van der Waals surface area (Å²) < 4.78 is 5.18. The van der Waals surface area contributed by atoms with Crippen molar-refractivity contribution >= 4 is 5.97 Å². The lowest BCUT2D eigenvalue weighted by molar-refractivity contribution is 0.0523. The van der Waals surface area contributed by atoms with E-state index in [0.717, 1.165) is 16.8 Å². The molecule has 0 amide bonds. The molecule has 0 fully saturated rings. The fourth-order valence-corrected chi connectivity index (χ4v) is 2.44. The SMILES string of the molecule is CCOC(=O)c1c(CN(C)C)cc(-c2ccccc2)nc1C. The van der Waals surface area contributed by atoms with Crippen LogP contribution in [0.3, 0.4) is 0 Å². The molecule has 2 rings (SSSR count). The van der Waals surface area contributed by atoms with Crippen LogP contribution < -0.4 is 0 Å².